The average molecular weight is 190 g/mol. The SMILES string of the molecule is Cc1cnn(C)c1OS(C)(=O)=O. The van der Waals surface area contributed by atoms with E-state index in [1.54, 1.807) is 20.2 Å². The second kappa shape index (κ2) is 2.78. The Labute approximate surface area is 71.1 Å². The van der Waals surface area contributed by atoms with Gasteiger partial charge < -0.3 is 4.18 Å². The summed E-state index contributed by atoms with van der Waals surface area (Å²) in [5.74, 6) is 0.262. The largest absolute Gasteiger partial charge is 0.362 e. The molecule has 0 aliphatic carbocycles. The molecule has 0 unspecified atom stereocenters. The summed E-state index contributed by atoms with van der Waals surface area (Å²) >= 11 is 0. The van der Waals surface area contributed by atoms with Gasteiger partial charge in [0, 0.05) is 12.6 Å². The van der Waals surface area contributed by atoms with Crippen molar-refractivity contribution >= 4 is 10.1 Å². The van der Waals surface area contributed by atoms with Crippen molar-refractivity contribution in [1.82, 2.24) is 9.78 Å². The molecule has 0 bridgehead atoms. The van der Waals surface area contributed by atoms with Crippen molar-refractivity contribution in [3.8, 4) is 5.88 Å². The number of aryl methyl sites for hydroxylation is 2. The highest BCUT2D eigenvalue weighted by Gasteiger charge is 2.11. The fourth-order valence-electron chi connectivity index (χ4n) is 0.799. The zero-order valence-corrected chi connectivity index (χ0v) is 7.92. The molecular formula is C6H10N2O3S. The fraction of sp³-hybridized carbons (Fsp3) is 0.500. The molecule has 0 saturated heterocycles. The molecule has 68 valence electrons. The summed E-state index contributed by atoms with van der Waals surface area (Å²) in [6.07, 6.45) is 2.54. The summed E-state index contributed by atoms with van der Waals surface area (Å²) in [7, 11) is -1.83. The van der Waals surface area contributed by atoms with Gasteiger partial charge >= 0.3 is 10.1 Å². The zero-order valence-electron chi connectivity index (χ0n) is 7.10. The van der Waals surface area contributed by atoms with Crippen LogP contribution in [0.5, 0.6) is 5.88 Å². The van der Waals surface area contributed by atoms with Crippen LogP contribution in [0.3, 0.4) is 0 Å². The van der Waals surface area contributed by atoms with Crippen molar-refractivity contribution in [2.75, 3.05) is 6.26 Å². The predicted octanol–water partition coefficient (Wildman–Crippen LogP) is 0.0669. The van der Waals surface area contributed by atoms with Gasteiger partial charge in [0.05, 0.1) is 12.5 Å². The van der Waals surface area contributed by atoms with Gasteiger partial charge in [-0.3, -0.25) is 0 Å². The Hall–Kier alpha value is -1.04. The molecule has 0 atom stereocenters. The van der Waals surface area contributed by atoms with Gasteiger partial charge in [0.25, 0.3) is 0 Å². The fourth-order valence-corrected chi connectivity index (χ4v) is 1.33. The van der Waals surface area contributed by atoms with E-state index in [-0.39, 0.29) is 5.88 Å². The van der Waals surface area contributed by atoms with Crippen LogP contribution in [0.25, 0.3) is 0 Å². The van der Waals surface area contributed by atoms with E-state index in [4.69, 9.17) is 0 Å². The maximum absolute atomic E-state index is 10.7. The Balaban J connectivity index is 3.04. The van der Waals surface area contributed by atoms with Crippen molar-refractivity contribution in [2.24, 2.45) is 7.05 Å². The molecule has 1 aromatic rings. The Morgan fingerprint density at radius 3 is 2.50 bits per heavy atom. The van der Waals surface area contributed by atoms with Gasteiger partial charge in [-0.25, -0.2) is 4.68 Å². The molecule has 5 nitrogen and oxygen atoms in total. The molecule has 0 radical (unpaired) electrons. The summed E-state index contributed by atoms with van der Waals surface area (Å²) < 4.78 is 27.5. The van der Waals surface area contributed by atoms with Crippen LogP contribution in [0.4, 0.5) is 0 Å². The minimum Gasteiger partial charge on any atom is -0.362 e. The van der Waals surface area contributed by atoms with Crippen LogP contribution in [0.15, 0.2) is 6.20 Å². The van der Waals surface area contributed by atoms with Crippen molar-refractivity contribution in [2.45, 2.75) is 6.92 Å². The van der Waals surface area contributed by atoms with Gasteiger partial charge in [-0.05, 0) is 6.92 Å². The maximum atomic E-state index is 10.7. The van der Waals surface area contributed by atoms with Crippen LogP contribution in [-0.2, 0) is 17.2 Å². The molecule has 0 fully saturated rings. The Morgan fingerprint density at radius 2 is 2.17 bits per heavy atom. The van der Waals surface area contributed by atoms with Gasteiger partial charge in [0.2, 0.25) is 5.88 Å². The van der Waals surface area contributed by atoms with Crippen LogP contribution < -0.4 is 4.18 Å². The third-order valence-corrected chi connectivity index (χ3v) is 1.75. The van der Waals surface area contributed by atoms with Crippen molar-refractivity contribution < 1.29 is 12.6 Å². The number of nitrogens with zero attached hydrogens (tertiary/aromatic N) is 2. The topological polar surface area (TPSA) is 61.2 Å². The van der Waals surface area contributed by atoms with Crippen LogP contribution >= 0.6 is 0 Å². The number of hydrogen-bond donors (Lipinski definition) is 0. The van der Waals surface area contributed by atoms with Gasteiger partial charge in [-0.15, -0.1) is 0 Å². The molecule has 0 N–H and O–H groups in total. The van der Waals surface area contributed by atoms with Crippen molar-refractivity contribution in [1.29, 1.82) is 0 Å². The van der Waals surface area contributed by atoms with E-state index >= 15 is 0 Å². The minimum atomic E-state index is -3.45. The number of hydrogen-bond acceptors (Lipinski definition) is 4. The molecule has 0 amide bonds. The highest BCUT2D eigenvalue weighted by atomic mass is 32.2. The first kappa shape index (κ1) is 9.05. The lowest BCUT2D eigenvalue weighted by atomic mass is 10.4. The first-order valence-corrected chi connectivity index (χ1v) is 5.10. The molecule has 0 spiro atoms. The predicted molar refractivity (Wildman–Crippen MR) is 43.4 cm³/mol. The first-order valence-electron chi connectivity index (χ1n) is 3.28. The Kier molecular flexibility index (Phi) is 2.10. The molecular weight excluding hydrogens is 180 g/mol. The second-order valence-corrected chi connectivity index (χ2v) is 4.12. The van der Waals surface area contributed by atoms with E-state index in [2.05, 4.69) is 9.28 Å². The van der Waals surface area contributed by atoms with Crippen molar-refractivity contribution in [3.63, 3.8) is 0 Å². The second-order valence-electron chi connectivity index (χ2n) is 2.54. The highest BCUT2D eigenvalue weighted by Crippen LogP contribution is 2.16. The van der Waals surface area contributed by atoms with E-state index in [0.29, 0.717) is 5.56 Å². The summed E-state index contributed by atoms with van der Waals surface area (Å²) in [5, 5.41) is 3.83. The van der Waals surface area contributed by atoms with Crippen LogP contribution in [-0.4, -0.2) is 24.5 Å². The molecule has 0 saturated carbocycles. The van der Waals surface area contributed by atoms with Gasteiger partial charge in [-0.1, -0.05) is 0 Å². The monoisotopic (exact) mass is 190 g/mol. The molecule has 1 heterocycles. The lowest BCUT2D eigenvalue weighted by Crippen LogP contribution is -2.09. The molecule has 0 aromatic carbocycles. The highest BCUT2D eigenvalue weighted by molar-refractivity contribution is 7.86. The Morgan fingerprint density at radius 1 is 1.58 bits per heavy atom. The van der Waals surface area contributed by atoms with Gasteiger partial charge in [0.15, 0.2) is 0 Å². The summed E-state index contributed by atoms with van der Waals surface area (Å²) in [6, 6.07) is 0. The standard InChI is InChI=1S/C6H10N2O3S/c1-5-4-7-8(2)6(5)11-12(3,9)10/h4H,1-3H3. The lowest BCUT2D eigenvalue weighted by molar-refractivity contribution is 0.459. The van der Waals surface area contributed by atoms with E-state index in [1.807, 2.05) is 0 Å². The summed E-state index contributed by atoms with van der Waals surface area (Å²) in [6.45, 7) is 1.73. The van der Waals surface area contributed by atoms with Crippen molar-refractivity contribution in [3.05, 3.63) is 11.8 Å². The molecule has 1 rings (SSSR count). The minimum absolute atomic E-state index is 0.262. The molecule has 1 aromatic heterocycles. The van der Waals surface area contributed by atoms with E-state index in [0.717, 1.165) is 6.26 Å². The maximum Gasteiger partial charge on any atom is 0.307 e. The molecule has 0 aliphatic heterocycles. The molecule has 0 aliphatic rings. The smallest absolute Gasteiger partial charge is 0.307 e. The Bertz CT molecular complexity index is 360. The summed E-state index contributed by atoms with van der Waals surface area (Å²) in [4.78, 5) is 0. The zero-order chi connectivity index (χ0) is 9.35. The molecule has 6 heteroatoms. The van der Waals surface area contributed by atoms with Crippen LogP contribution in [0.1, 0.15) is 5.56 Å². The lowest BCUT2D eigenvalue weighted by Gasteiger charge is -2.02. The third-order valence-electron chi connectivity index (χ3n) is 1.29. The number of rotatable bonds is 2. The van der Waals surface area contributed by atoms with Gasteiger partial charge in [0.1, 0.15) is 0 Å². The van der Waals surface area contributed by atoms with Gasteiger partial charge in [-0.2, -0.15) is 13.5 Å². The van der Waals surface area contributed by atoms with E-state index < -0.39 is 10.1 Å². The average Bonchev–Trinajstić information content (AvgIpc) is 2.16. The van der Waals surface area contributed by atoms with Crippen LogP contribution in [0, 0.1) is 6.92 Å². The first-order chi connectivity index (χ1) is 5.40. The number of aromatic nitrogens is 2. The van der Waals surface area contributed by atoms with E-state index in [1.165, 1.54) is 4.68 Å². The quantitative estimate of drug-likeness (QED) is 0.619. The summed E-state index contributed by atoms with van der Waals surface area (Å²) in [5.41, 5.74) is 0.697. The van der Waals surface area contributed by atoms with E-state index in [9.17, 15) is 8.42 Å². The van der Waals surface area contributed by atoms with Crippen LogP contribution in [0.2, 0.25) is 0 Å². The third kappa shape index (κ3) is 1.97. The normalized spacial score (nSPS) is 11.6. The molecule has 12 heavy (non-hydrogen) atoms.